The highest BCUT2D eigenvalue weighted by Gasteiger charge is 2.15. The van der Waals surface area contributed by atoms with Crippen molar-refractivity contribution in [3.8, 4) is 0 Å². The maximum atomic E-state index is 14.0. The minimum Gasteiger partial charge on any atom is -0.478 e. The van der Waals surface area contributed by atoms with Gasteiger partial charge < -0.3 is 10.0 Å². The van der Waals surface area contributed by atoms with E-state index in [-0.39, 0.29) is 5.82 Å². The summed E-state index contributed by atoms with van der Waals surface area (Å²) in [6, 6.07) is 4.86. The molecule has 1 aromatic carbocycles. The lowest BCUT2D eigenvalue weighted by Gasteiger charge is -2.32. The number of halogens is 1. The first-order valence-corrected chi connectivity index (χ1v) is 6.65. The van der Waals surface area contributed by atoms with Gasteiger partial charge in [0.15, 0.2) is 0 Å². The Kier molecular flexibility index (Phi) is 4.87. The fraction of sp³-hybridized carbons (Fsp3) is 0.400. The van der Waals surface area contributed by atoms with Gasteiger partial charge in [-0.2, -0.15) is 0 Å². The van der Waals surface area contributed by atoms with Gasteiger partial charge in [-0.05, 0) is 24.8 Å². The van der Waals surface area contributed by atoms with Gasteiger partial charge in [0.25, 0.3) is 0 Å². The number of carboxylic acids is 1. The number of likely N-dealkylation sites (N-methyl/N-ethyl adjacent to an activating group) is 1. The highest BCUT2D eigenvalue weighted by Crippen LogP contribution is 2.15. The molecule has 0 radical (unpaired) electrons. The van der Waals surface area contributed by atoms with Crippen molar-refractivity contribution in [3.05, 3.63) is 41.2 Å². The Morgan fingerprint density at radius 1 is 1.35 bits per heavy atom. The molecule has 0 amide bonds. The Hall–Kier alpha value is -1.72. The predicted molar refractivity (Wildman–Crippen MR) is 75.8 cm³/mol. The van der Waals surface area contributed by atoms with Crippen molar-refractivity contribution in [2.75, 3.05) is 33.2 Å². The summed E-state index contributed by atoms with van der Waals surface area (Å²) in [5, 5.41) is 8.55. The molecule has 2 rings (SSSR count). The molecule has 1 N–H and O–H groups in total. The second-order valence-electron chi connectivity index (χ2n) is 5.10. The number of aliphatic carboxylic acids is 1. The molecule has 1 aliphatic rings. The molecule has 1 saturated heterocycles. The highest BCUT2D eigenvalue weighted by atomic mass is 19.1. The van der Waals surface area contributed by atoms with Gasteiger partial charge in [-0.15, -0.1) is 0 Å². The van der Waals surface area contributed by atoms with E-state index < -0.39 is 5.97 Å². The third-order valence-corrected chi connectivity index (χ3v) is 3.49. The van der Waals surface area contributed by atoms with E-state index in [1.54, 1.807) is 12.1 Å². The normalized spacial score (nSPS) is 17.7. The lowest BCUT2D eigenvalue weighted by molar-refractivity contribution is -0.131. The number of carboxylic acid groups (broad SMARTS) is 1. The minimum absolute atomic E-state index is 0.281. The smallest absolute Gasteiger partial charge is 0.328 e. The van der Waals surface area contributed by atoms with Crippen molar-refractivity contribution >= 4 is 12.0 Å². The molecule has 5 heteroatoms. The molecule has 0 unspecified atom stereocenters. The fourth-order valence-corrected chi connectivity index (χ4v) is 2.21. The topological polar surface area (TPSA) is 43.8 Å². The van der Waals surface area contributed by atoms with Crippen LogP contribution in [-0.2, 0) is 11.3 Å². The fourth-order valence-electron chi connectivity index (χ4n) is 2.21. The Labute approximate surface area is 118 Å². The van der Waals surface area contributed by atoms with Gasteiger partial charge in [0.2, 0.25) is 0 Å². The molecule has 1 aliphatic heterocycles. The van der Waals surface area contributed by atoms with Crippen LogP contribution in [0, 0.1) is 5.82 Å². The average Bonchev–Trinajstić information content (AvgIpc) is 2.41. The van der Waals surface area contributed by atoms with E-state index in [1.807, 2.05) is 0 Å². The summed E-state index contributed by atoms with van der Waals surface area (Å²) >= 11 is 0. The predicted octanol–water partition coefficient (Wildman–Crippen LogP) is 1.67. The van der Waals surface area contributed by atoms with Crippen LogP contribution in [0.5, 0.6) is 0 Å². The minimum atomic E-state index is -1.04. The summed E-state index contributed by atoms with van der Waals surface area (Å²) < 4.78 is 14.0. The van der Waals surface area contributed by atoms with Gasteiger partial charge in [-0.1, -0.05) is 12.1 Å². The summed E-state index contributed by atoms with van der Waals surface area (Å²) in [5.41, 5.74) is 1.22. The SMILES string of the molecule is CN1CCN(Cc2ccc(C=CC(=O)O)cc2F)CC1. The number of hydrogen-bond donors (Lipinski definition) is 1. The standard InChI is InChI=1S/C15H19FN2O2/c1-17-6-8-18(9-7-17)11-13-4-2-12(10-14(13)16)3-5-15(19)20/h2-5,10H,6-9,11H2,1H3,(H,19,20). The molecule has 20 heavy (non-hydrogen) atoms. The zero-order valence-electron chi connectivity index (χ0n) is 11.6. The average molecular weight is 278 g/mol. The van der Waals surface area contributed by atoms with Crippen molar-refractivity contribution in [1.29, 1.82) is 0 Å². The maximum absolute atomic E-state index is 14.0. The van der Waals surface area contributed by atoms with E-state index in [4.69, 9.17) is 5.11 Å². The first-order valence-electron chi connectivity index (χ1n) is 6.65. The molecule has 0 aromatic heterocycles. The van der Waals surface area contributed by atoms with Crippen molar-refractivity contribution < 1.29 is 14.3 Å². The van der Waals surface area contributed by atoms with Crippen LogP contribution in [0.4, 0.5) is 4.39 Å². The van der Waals surface area contributed by atoms with Gasteiger partial charge in [-0.3, -0.25) is 4.90 Å². The Morgan fingerprint density at radius 3 is 2.65 bits per heavy atom. The number of hydrogen-bond acceptors (Lipinski definition) is 3. The van der Waals surface area contributed by atoms with Crippen molar-refractivity contribution in [3.63, 3.8) is 0 Å². The zero-order valence-corrected chi connectivity index (χ0v) is 11.6. The number of nitrogens with zero attached hydrogens (tertiary/aromatic N) is 2. The van der Waals surface area contributed by atoms with Gasteiger partial charge in [0.05, 0.1) is 0 Å². The van der Waals surface area contributed by atoms with Crippen LogP contribution in [0.3, 0.4) is 0 Å². The van der Waals surface area contributed by atoms with Gasteiger partial charge in [0.1, 0.15) is 5.82 Å². The van der Waals surface area contributed by atoms with E-state index in [2.05, 4.69) is 16.8 Å². The van der Waals surface area contributed by atoms with Crippen LogP contribution in [0.2, 0.25) is 0 Å². The molecule has 4 nitrogen and oxygen atoms in total. The largest absolute Gasteiger partial charge is 0.478 e. The van der Waals surface area contributed by atoms with Gasteiger partial charge >= 0.3 is 5.97 Å². The number of piperazine rings is 1. The summed E-state index contributed by atoms with van der Waals surface area (Å²) in [7, 11) is 2.08. The number of rotatable bonds is 4. The van der Waals surface area contributed by atoms with E-state index in [1.165, 1.54) is 12.1 Å². The van der Waals surface area contributed by atoms with Crippen LogP contribution in [0.1, 0.15) is 11.1 Å². The molecular formula is C15H19FN2O2. The molecule has 0 atom stereocenters. The second-order valence-corrected chi connectivity index (χ2v) is 5.10. The Bertz CT molecular complexity index is 509. The summed E-state index contributed by atoms with van der Waals surface area (Å²) in [6.45, 7) is 4.48. The van der Waals surface area contributed by atoms with Gasteiger partial charge in [-0.25, -0.2) is 9.18 Å². The molecule has 108 valence electrons. The first-order chi connectivity index (χ1) is 9.54. The van der Waals surface area contributed by atoms with E-state index in [9.17, 15) is 9.18 Å². The molecule has 1 aromatic rings. The second kappa shape index (κ2) is 6.63. The first kappa shape index (κ1) is 14.7. The molecule has 0 aliphatic carbocycles. The highest BCUT2D eigenvalue weighted by molar-refractivity contribution is 5.85. The third-order valence-electron chi connectivity index (χ3n) is 3.49. The van der Waals surface area contributed by atoms with Crippen molar-refractivity contribution in [2.45, 2.75) is 6.54 Å². The summed E-state index contributed by atoms with van der Waals surface area (Å²) in [6.07, 6.45) is 2.40. The molecule has 0 spiro atoms. The monoisotopic (exact) mass is 278 g/mol. The van der Waals surface area contributed by atoms with E-state index in [0.29, 0.717) is 17.7 Å². The zero-order chi connectivity index (χ0) is 14.5. The molecule has 1 fully saturated rings. The molecule has 0 saturated carbocycles. The van der Waals surface area contributed by atoms with Crippen LogP contribution >= 0.6 is 0 Å². The lowest BCUT2D eigenvalue weighted by Crippen LogP contribution is -2.44. The van der Waals surface area contributed by atoms with Crippen LogP contribution < -0.4 is 0 Å². The lowest BCUT2D eigenvalue weighted by atomic mass is 10.1. The van der Waals surface area contributed by atoms with Crippen LogP contribution in [0.15, 0.2) is 24.3 Å². The van der Waals surface area contributed by atoms with E-state index in [0.717, 1.165) is 32.3 Å². The molecule has 1 heterocycles. The number of carbonyl (C=O) groups is 1. The number of benzene rings is 1. The van der Waals surface area contributed by atoms with Crippen molar-refractivity contribution in [2.24, 2.45) is 0 Å². The van der Waals surface area contributed by atoms with Gasteiger partial charge in [0, 0.05) is 44.4 Å². The molecular weight excluding hydrogens is 259 g/mol. The van der Waals surface area contributed by atoms with E-state index >= 15 is 0 Å². The molecule has 0 bridgehead atoms. The quantitative estimate of drug-likeness (QED) is 0.851. The Balaban J connectivity index is 2.00. The van der Waals surface area contributed by atoms with Crippen LogP contribution in [0.25, 0.3) is 6.08 Å². The van der Waals surface area contributed by atoms with Crippen LogP contribution in [-0.4, -0.2) is 54.1 Å². The Morgan fingerprint density at radius 2 is 2.05 bits per heavy atom. The van der Waals surface area contributed by atoms with Crippen molar-refractivity contribution in [1.82, 2.24) is 9.80 Å². The third kappa shape index (κ3) is 4.15. The summed E-state index contributed by atoms with van der Waals surface area (Å²) in [4.78, 5) is 14.9. The summed E-state index contributed by atoms with van der Waals surface area (Å²) in [5.74, 6) is -1.32. The maximum Gasteiger partial charge on any atom is 0.328 e.